The van der Waals surface area contributed by atoms with Crippen LogP contribution in [0.15, 0.2) is 18.2 Å². The molecular weight excluding hydrogens is 378 g/mol. The van der Waals surface area contributed by atoms with Crippen molar-refractivity contribution in [3.8, 4) is 0 Å². The van der Waals surface area contributed by atoms with Gasteiger partial charge in [0, 0.05) is 49.0 Å². The smallest absolute Gasteiger partial charge is 0.409 e. The van der Waals surface area contributed by atoms with Crippen molar-refractivity contribution < 1.29 is 14.3 Å². The molecule has 2 fully saturated rings. The summed E-state index contributed by atoms with van der Waals surface area (Å²) in [4.78, 5) is 30.8. The second kappa shape index (κ2) is 8.29. The Kier molecular flexibility index (Phi) is 5.78. The van der Waals surface area contributed by atoms with Crippen LogP contribution >= 0.6 is 11.6 Å². The second-order valence-corrected chi connectivity index (χ2v) is 8.33. The molecule has 152 valence electrons. The maximum Gasteiger partial charge on any atom is 0.409 e. The Bertz CT molecular complexity index is 740. The van der Waals surface area contributed by atoms with Crippen molar-refractivity contribution in [2.45, 2.75) is 51.1 Å². The van der Waals surface area contributed by atoms with Crippen LogP contribution in [0.25, 0.3) is 0 Å². The molecule has 0 aromatic heterocycles. The molecule has 1 aromatic rings. The topological polar surface area (TPSA) is 53.1 Å². The molecule has 28 heavy (non-hydrogen) atoms. The van der Waals surface area contributed by atoms with Gasteiger partial charge in [-0.2, -0.15) is 0 Å². The normalized spacial score (nSPS) is 21.9. The van der Waals surface area contributed by atoms with E-state index in [1.165, 1.54) is 0 Å². The van der Waals surface area contributed by atoms with Gasteiger partial charge in [-0.1, -0.05) is 11.6 Å². The third-order valence-corrected chi connectivity index (χ3v) is 6.52. The predicted octanol–water partition coefficient (Wildman–Crippen LogP) is 3.31. The highest BCUT2D eigenvalue weighted by Gasteiger charge is 2.36. The monoisotopic (exact) mass is 405 g/mol. The summed E-state index contributed by atoms with van der Waals surface area (Å²) in [7, 11) is 0. The third-order valence-electron chi connectivity index (χ3n) is 6.28. The van der Waals surface area contributed by atoms with E-state index in [0.29, 0.717) is 24.1 Å². The summed E-state index contributed by atoms with van der Waals surface area (Å²) in [6, 6.07) is 6.57. The summed E-state index contributed by atoms with van der Waals surface area (Å²) in [5, 5.41) is 0.692. The minimum atomic E-state index is -0.189. The van der Waals surface area contributed by atoms with Crippen LogP contribution in [0, 0.1) is 0 Å². The van der Waals surface area contributed by atoms with Crippen molar-refractivity contribution in [3.05, 3.63) is 28.8 Å². The van der Waals surface area contributed by atoms with Gasteiger partial charge in [-0.25, -0.2) is 4.79 Å². The molecule has 0 saturated carbocycles. The summed E-state index contributed by atoms with van der Waals surface area (Å²) in [5.74, 6) is 0.193. The van der Waals surface area contributed by atoms with Gasteiger partial charge in [-0.05, 0) is 56.4 Å². The summed E-state index contributed by atoms with van der Waals surface area (Å²) < 4.78 is 5.11. The first kappa shape index (κ1) is 19.5. The Morgan fingerprint density at radius 1 is 1.11 bits per heavy atom. The molecule has 6 nitrogen and oxygen atoms in total. The fourth-order valence-electron chi connectivity index (χ4n) is 4.85. The van der Waals surface area contributed by atoms with Gasteiger partial charge in [0.25, 0.3) is 0 Å². The summed E-state index contributed by atoms with van der Waals surface area (Å²) >= 11 is 6.09. The van der Waals surface area contributed by atoms with Gasteiger partial charge in [-0.3, -0.25) is 4.79 Å². The number of ether oxygens (including phenoxy) is 1. The number of fused-ring (bicyclic) bond motifs is 1. The number of hydrogen-bond donors (Lipinski definition) is 0. The number of hydrogen-bond acceptors (Lipinski definition) is 4. The molecule has 0 bridgehead atoms. The lowest BCUT2D eigenvalue weighted by Gasteiger charge is -2.43. The third kappa shape index (κ3) is 3.85. The first-order valence-corrected chi connectivity index (χ1v) is 10.7. The van der Waals surface area contributed by atoms with Crippen molar-refractivity contribution in [3.63, 3.8) is 0 Å². The van der Waals surface area contributed by atoms with Gasteiger partial charge >= 0.3 is 6.09 Å². The SMILES string of the molecule is CCOC(=O)N1CCC(N2CCC(N3C(=O)Cc4cc(Cl)ccc43)CC2)CC1. The zero-order chi connectivity index (χ0) is 19.7. The highest BCUT2D eigenvalue weighted by atomic mass is 35.5. The molecule has 4 rings (SSSR count). The van der Waals surface area contributed by atoms with E-state index < -0.39 is 0 Å². The number of amides is 2. The first-order valence-electron chi connectivity index (χ1n) is 10.3. The lowest BCUT2D eigenvalue weighted by atomic mass is 9.97. The highest BCUT2D eigenvalue weighted by molar-refractivity contribution is 6.30. The molecule has 1 aromatic carbocycles. The molecule has 3 aliphatic rings. The average Bonchev–Trinajstić information content (AvgIpc) is 3.03. The molecule has 0 atom stereocenters. The van der Waals surface area contributed by atoms with Crippen molar-refractivity contribution in [2.24, 2.45) is 0 Å². The Labute approximate surface area is 171 Å². The number of carbonyl (C=O) groups excluding carboxylic acids is 2. The molecule has 0 radical (unpaired) electrons. The fraction of sp³-hybridized carbons (Fsp3) is 0.619. The van der Waals surface area contributed by atoms with E-state index in [2.05, 4.69) is 4.90 Å². The standard InChI is InChI=1S/C21H28ClN3O3/c1-2-28-21(27)24-11-5-17(6-12-24)23-9-7-18(8-10-23)25-19-4-3-16(22)13-15(19)14-20(25)26/h3-4,13,17-18H,2,5-12,14H2,1H3. The summed E-state index contributed by atoms with van der Waals surface area (Å²) in [6.07, 6.45) is 4.24. The summed E-state index contributed by atoms with van der Waals surface area (Å²) in [5.41, 5.74) is 2.09. The Hall–Kier alpha value is -1.79. The number of likely N-dealkylation sites (tertiary alicyclic amines) is 2. The van der Waals surface area contributed by atoms with Gasteiger partial charge < -0.3 is 19.4 Å². The number of benzene rings is 1. The van der Waals surface area contributed by atoms with Crippen LogP contribution in [0.4, 0.5) is 10.5 Å². The van der Waals surface area contributed by atoms with Crippen LogP contribution in [0.3, 0.4) is 0 Å². The van der Waals surface area contributed by atoms with E-state index >= 15 is 0 Å². The molecule has 0 N–H and O–H groups in total. The second-order valence-electron chi connectivity index (χ2n) is 7.90. The van der Waals surface area contributed by atoms with Gasteiger partial charge in [0.2, 0.25) is 5.91 Å². The number of halogens is 1. The van der Waals surface area contributed by atoms with Crippen LogP contribution < -0.4 is 4.90 Å². The fourth-order valence-corrected chi connectivity index (χ4v) is 5.05. The van der Waals surface area contributed by atoms with Crippen LogP contribution in [0.2, 0.25) is 5.02 Å². The van der Waals surface area contributed by atoms with Crippen molar-refractivity contribution in [1.29, 1.82) is 0 Å². The molecule has 0 spiro atoms. The number of anilines is 1. The highest BCUT2D eigenvalue weighted by Crippen LogP contribution is 2.35. The maximum atomic E-state index is 12.6. The van der Waals surface area contributed by atoms with E-state index in [9.17, 15) is 9.59 Å². The van der Waals surface area contributed by atoms with E-state index in [0.717, 1.165) is 63.1 Å². The van der Waals surface area contributed by atoms with Gasteiger partial charge in [0.1, 0.15) is 0 Å². The Balaban J connectivity index is 1.31. The van der Waals surface area contributed by atoms with Crippen LogP contribution in [-0.4, -0.2) is 66.7 Å². The number of carbonyl (C=O) groups is 2. The quantitative estimate of drug-likeness (QED) is 0.774. The lowest BCUT2D eigenvalue weighted by Crippen LogP contribution is -2.52. The average molecular weight is 406 g/mol. The zero-order valence-electron chi connectivity index (χ0n) is 16.4. The largest absolute Gasteiger partial charge is 0.450 e. The van der Waals surface area contributed by atoms with E-state index in [-0.39, 0.29) is 18.0 Å². The van der Waals surface area contributed by atoms with E-state index in [4.69, 9.17) is 16.3 Å². The minimum absolute atomic E-state index is 0.189. The zero-order valence-corrected chi connectivity index (χ0v) is 17.2. The molecule has 3 heterocycles. The molecule has 0 unspecified atom stereocenters. The van der Waals surface area contributed by atoms with E-state index in [1.807, 2.05) is 34.9 Å². The number of rotatable bonds is 3. The van der Waals surface area contributed by atoms with Crippen LogP contribution in [-0.2, 0) is 16.0 Å². The van der Waals surface area contributed by atoms with Crippen LogP contribution in [0.1, 0.15) is 38.2 Å². The lowest BCUT2D eigenvalue weighted by molar-refractivity contribution is -0.118. The molecule has 0 aliphatic carbocycles. The van der Waals surface area contributed by atoms with Gasteiger partial charge in [0.05, 0.1) is 13.0 Å². The van der Waals surface area contributed by atoms with E-state index in [1.54, 1.807) is 0 Å². The molecule has 7 heteroatoms. The van der Waals surface area contributed by atoms with Crippen molar-refractivity contribution >= 4 is 29.3 Å². The molecule has 2 saturated heterocycles. The molecule has 2 amide bonds. The van der Waals surface area contributed by atoms with Crippen LogP contribution in [0.5, 0.6) is 0 Å². The van der Waals surface area contributed by atoms with Crippen molar-refractivity contribution in [1.82, 2.24) is 9.80 Å². The Morgan fingerprint density at radius 2 is 1.79 bits per heavy atom. The van der Waals surface area contributed by atoms with Gasteiger partial charge in [0.15, 0.2) is 0 Å². The maximum absolute atomic E-state index is 12.6. The first-order chi connectivity index (χ1) is 13.6. The number of piperidine rings is 2. The van der Waals surface area contributed by atoms with Gasteiger partial charge in [-0.15, -0.1) is 0 Å². The molecular formula is C21H28ClN3O3. The molecule has 3 aliphatic heterocycles. The summed E-state index contributed by atoms with van der Waals surface area (Å²) in [6.45, 7) is 5.80. The Morgan fingerprint density at radius 3 is 2.46 bits per heavy atom. The predicted molar refractivity (Wildman–Crippen MR) is 109 cm³/mol. The number of nitrogens with zero attached hydrogens (tertiary/aromatic N) is 3. The van der Waals surface area contributed by atoms with Crippen molar-refractivity contribution in [2.75, 3.05) is 37.7 Å². The minimum Gasteiger partial charge on any atom is -0.450 e.